The van der Waals surface area contributed by atoms with E-state index in [4.69, 9.17) is 15.0 Å². The third-order valence-electron chi connectivity index (χ3n) is 4.03. The highest BCUT2D eigenvalue weighted by atomic mass is 19.1. The standard InChI is InChI=1S/C14H21FN6O5/c1-10(23)14(9-22,18-19-16)26-12(8-15)21-3-2-11(17-13(21)24)20-4-6-25-7-5-20/h2-3,10,12,22-23H,4-9H2,1H3/t10-,12-,14-/m1/s1. The van der Waals surface area contributed by atoms with Crippen LogP contribution in [-0.4, -0.2) is 71.2 Å². The number of aliphatic hydroxyl groups excluding tert-OH is 2. The second-order valence-corrected chi connectivity index (χ2v) is 5.67. The van der Waals surface area contributed by atoms with E-state index in [0.29, 0.717) is 32.1 Å². The Bertz CT molecular complexity index is 703. The summed E-state index contributed by atoms with van der Waals surface area (Å²) in [5.74, 6) is 0.422. The minimum absolute atomic E-state index is 0.422. The lowest BCUT2D eigenvalue weighted by Crippen LogP contribution is -2.48. The first-order valence-corrected chi connectivity index (χ1v) is 7.98. The summed E-state index contributed by atoms with van der Waals surface area (Å²) in [6.07, 6.45) is -1.69. The van der Waals surface area contributed by atoms with Crippen molar-refractivity contribution in [1.29, 1.82) is 0 Å². The van der Waals surface area contributed by atoms with Gasteiger partial charge in [-0.2, -0.15) is 4.98 Å². The largest absolute Gasteiger partial charge is 0.393 e. The van der Waals surface area contributed by atoms with Gasteiger partial charge in [-0.1, -0.05) is 5.11 Å². The fourth-order valence-electron chi connectivity index (χ4n) is 2.47. The molecule has 0 amide bonds. The lowest BCUT2D eigenvalue weighted by molar-refractivity contribution is -0.193. The highest BCUT2D eigenvalue weighted by Crippen LogP contribution is 2.25. The topological polar surface area (TPSA) is 146 Å². The van der Waals surface area contributed by atoms with Gasteiger partial charge < -0.3 is 24.6 Å². The first-order valence-electron chi connectivity index (χ1n) is 7.98. The molecular formula is C14H21FN6O5. The van der Waals surface area contributed by atoms with Crippen molar-refractivity contribution in [3.63, 3.8) is 0 Å². The maximum atomic E-state index is 13.5. The highest BCUT2D eigenvalue weighted by molar-refractivity contribution is 5.36. The van der Waals surface area contributed by atoms with Crippen LogP contribution in [0.25, 0.3) is 10.4 Å². The van der Waals surface area contributed by atoms with Crippen molar-refractivity contribution in [3.05, 3.63) is 33.2 Å². The zero-order valence-corrected chi connectivity index (χ0v) is 14.2. The van der Waals surface area contributed by atoms with Gasteiger partial charge in [0, 0.05) is 24.2 Å². The summed E-state index contributed by atoms with van der Waals surface area (Å²) in [5, 5.41) is 22.5. The van der Waals surface area contributed by atoms with Crippen molar-refractivity contribution in [3.8, 4) is 0 Å². The number of alkyl halides is 1. The SMILES string of the molecule is C[C@@H](O)[C@](CO)(N=[N+]=[N-])O[C@H](CF)n1ccc(N2CCOCC2)nc1=O. The van der Waals surface area contributed by atoms with Gasteiger partial charge in [0.25, 0.3) is 0 Å². The first-order chi connectivity index (χ1) is 12.5. The Morgan fingerprint density at radius 3 is 2.77 bits per heavy atom. The van der Waals surface area contributed by atoms with E-state index in [1.54, 1.807) is 0 Å². The number of rotatable bonds is 8. The maximum absolute atomic E-state index is 13.5. The van der Waals surface area contributed by atoms with Crippen molar-refractivity contribution < 1.29 is 24.1 Å². The minimum atomic E-state index is -2.13. The normalized spacial score (nSPS) is 19.3. The molecule has 26 heavy (non-hydrogen) atoms. The van der Waals surface area contributed by atoms with Gasteiger partial charge in [0.1, 0.15) is 12.5 Å². The van der Waals surface area contributed by atoms with Gasteiger partial charge in [0.15, 0.2) is 12.0 Å². The number of anilines is 1. The molecule has 1 aliphatic rings. The van der Waals surface area contributed by atoms with Gasteiger partial charge in [-0.15, -0.1) is 0 Å². The van der Waals surface area contributed by atoms with E-state index >= 15 is 0 Å². The van der Waals surface area contributed by atoms with Crippen LogP contribution in [0.4, 0.5) is 10.2 Å². The molecule has 1 fully saturated rings. The Hall–Kier alpha value is -2.24. The van der Waals surface area contributed by atoms with Crippen LogP contribution >= 0.6 is 0 Å². The molecule has 144 valence electrons. The molecule has 1 aromatic rings. The molecule has 2 rings (SSSR count). The highest BCUT2D eigenvalue weighted by Gasteiger charge is 2.39. The van der Waals surface area contributed by atoms with Gasteiger partial charge in [0.2, 0.25) is 0 Å². The molecule has 0 unspecified atom stereocenters. The average Bonchev–Trinajstić information content (AvgIpc) is 2.66. The summed E-state index contributed by atoms with van der Waals surface area (Å²) in [4.78, 5) is 20.6. The Morgan fingerprint density at radius 2 is 2.27 bits per heavy atom. The first kappa shape index (κ1) is 20.1. The average molecular weight is 372 g/mol. The summed E-state index contributed by atoms with van der Waals surface area (Å²) < 4.78 is 24.9. The van der Waals surface area contributed by atoms with E-state index in [9.17, 15) is 19.4 Å². The predicted molar refractivity (Wildman–Crippen MR) is 88.3 cm³/mol. The molecule has 2 heterocycles. The van der Waals surface area contributed by atoms with Gasteiger partial charge in [-0.3, -0.25) is 4.57 Å². The molecule has 11 nitrogen and oxygen atoms in total. The monoisotopic (exact) mass is 372 g/mol. The van der Waals surface area contributed by atoms with Crippen molar-refractivity contribution in [2.75, 3.05) is 44.5 Å². The summed E-state index contributed by atoms with van der Waals surface area (Å²) in [6.45, 7) is 1.31. The van der Waals surface area contributed by atoms with Crippen molar-refractivity contribution >= 4 is 5.82 Å². The smallest absolute Gasteiger partial charge is 0.351 e. The second-order valence-electron chi connectivity index (χ2n) is 5.67. The zero-order chi connectivity index (χ0) is 19.2. The van der Waals surface area contributed by atoms with Crippen molar-refractivity contribution in [1.82, 2.24) is 9.55 Å². The van der Waals surface area contributed by atoms with Crippen LogP contribution in [0.15, 0.2) is 22.2 Å². The summed E-state index contributed by atoms with van der Waals surface area (Å²) in [5.41, 5.74) is 5.73. The third-order valence-corrected chi connectivity index (χ3v) is 4.03. The van der Waals surface area contributed by atoms with Gasteiger partial charge in [-0.25, -0.2) is 9.18 Å². The molecule has 1 aromatic heterocycles. The molecule has 0 spiro atoms. The molecule has 0 aliphatic carbocycles. The molecule has 12 heteroatoms. The Morgan fingerprint density at radius 1 is 1.58 bits per heavy atom. The molecule has 1 aliphatic heterocycles. The maximum Gasteiger partial charge on any atom is 0.351 e. The van der Waals surface area contributed by atoms with Gasteiger partial charge in [-0.05, 0) is 18.5 Å². The number of nitrogens with zero attached hydrogens (tertiary/aromatic N) is 6. The van der Waals surface area contributed by atoms with E-state index < -0.39 is 37.0 Å². The number of halogens is 1. The third kappa shape index (κ3) is 4.29. The molecule has 0 bridgehead atoms. The van der Waals surface area contributed by atoms with Crippen molar-refractivity contribution in [2.24, 2.45) is 5.11 Å². The van der Waals surface area contributed by atoms with E-state index in [1.807, 2.05) is 4.90 Å². The molecule has 0 saturated carbocycles. The van der Waals surface area contributed by atoms with E-state index in [-0.39, 0.29) is 0 Å². The number of aliphatic hydroxyl groups is 2. The number of hydrogen-bond donors (Lipinski definition) is 2. The number of azide groups is 1. The predicted octanol–water partition coefficient (Wildman–Crippen LogP) is -0.0557. The Labute approximate surface area is 148 Å². The molecular weight excluding hydrogens is 351 g/mol. The quantitative estimate of drug-likeness (QED) is 0.369. The van der Waals surface area contributed by atoms with Crippen LogP contribution in [-0.2, 0) is 9.47 Å². The van der Waals surface area contributed by atoms with E-state index in [2.05, 4.69) is 15.0 Å². The van der Waals surface area contributed by atoms with Crippen LogP contribution in [0.5, 0.6) is 0 Å². The van der Waals surface area contributed by atoms with Crippen LogP contribution in [0.1, 0.15) is 13.2 Å². The van der Waals surface area contributed by atoms with Crippen LogP contribution < -0.4 is 10.6 Å². The number of morpholine rings is 1. The minimum Gasteiger partial charge on any atom is -0.393 e. The Balaban J connectivity index is 2.29. The van der Waals surface area contributed by atoms with Gasteiger partial charge >= 0.3 is 5.69 Å². The van der Waals surface area contributed by atoms with Gasteiger partial charge in [0.05, 0.1) is 25.9 Å². The molecule has 1 saturated heterocycles. The van der Waals surface area contributed by atoms with Crippen LogP contribution in [0, 0.1) is 0 Å². The Kier molecular flexibility index (Phi) is 6.89. The fraction of sp³-hybridized carbons (Fsp3) is 0.714. The summed E-state index contributed by atoms with van der Waals surface area (Å²) in [7, 11) is 0. The molecule has 0 radical (unpaired) electrons. The molecule has 2 N–H and O–H groups in total. The summed E-state index contributed by atoms with van der Waals surface area (Å²) >= 11 is 0. The van der Waals surface area contributed by atoms with Crippen LogP contribution in [0.2, 0.25) is 0 Å². The lowest BCUT2D eigenvalue weighted by Gasteiger charge is -2.33. The summed E-state index contributed by atoms with van der Waals surface area (Å²) in [6, 6.07) is 1.52. The van der Waals surface area contributed by atoms with E-state index in [1.165, 1.54) is 19.2 Å². The number of ether oxygens (including phenoxy) is 2. The molecule has 0 aromatic carbocycles. The van der Waals surface area contributed by atoms with Crippen LogP contribution in [0.3, 0.4) is 0 Å². The number of hydrogen-bond acceptors (Lipinski definition) is 8. The van der Waals surface area contributed by atoms with E-state index in [0.717, 1.165) is 4.57 Å². The molecule has 3 atom stereocenters. The van der Waals surface area contributed by atoms with Crippen molar-refractivity contribution in [2.45, 2.75) is 25.0 Å². The zero-order valence-electron chi connectivity index (χ0n) is 14.2. The second kappa shape index (κ2) is 8.92. The number of aromatic nitrogens is 2. The lowest BCUT2D eigenvalue weighted by atomic mass is 10.1. The fourth-order valence-corrected chi connectivity index (χ4v) is 2.47.